The third-order valence-corrected chi connectivity index (χ3v) is 5.13. The molecule has 1 aliphatic heterocycles. The van der Waals surface area contributed by atoms with Crippen LogP contribution < -0.4 is 0 Å². The van der Waals surface area contributed by atoms with E-state index in [2.05, 4.69) is 15.2 Å². The Bertz CT molecular complexity index is 1030. The summed E-state index contributed by atoms with van der Waals surface area (Å²) in [7, 11) is 1.77. The Morgan fingerprint density at radius 3 is 2.81 bits per heavy atom. The minimum Gasteiger partial charge on any atom is -0.342 e. The van der Waals surface area contributed by atoms with E-state index >= 15 is 0 Å². The fourth-order valence-electron chi connectivity index (χ4n) is 3.50. The van der Waals surface area contributed by atoms with E-state index in [-0.39, 0.29) is 11.8 Å². The van der Waals surface area contributed by atoms with Crippen LogP contribution in [0.1, 0.15) is 22.8 Å². The zero-order valence-corrected chi connectivity index (χ0v) is 15.6. The van der Waals surface area contributed by atoms with Gasteiger partial charge in [0.1, 0.15) is 6.04 Å². The summed E-state index contributed by atoms with van der Waals surface area (Å²) in [5.74, 6) is -0.189. The summed E-state index contributed by atoms with van der Waals surface area (Å²) >= 11 is 0. The monoisotopic (exact) mass is 363 g/mol. The van der Waals surface area contributed by atoms with Crippen LogP contribution in [0.3, 0.4) is 0 Å². The standard InChI is InChI=1S/C20H21N5O2/c1-12-4-5-17-15(8-12)16(9-18(23-17)14-10-21-22-11-14)20(27)25-7-6-24(3)19(26)13(25)2/h4-5,8-11,13H,6-7H2,1-3H3,(H,21,22)/t13-/m0/s1. The van der Waals surface area contributed by atoms with E-state index in [1.807, 2.05) is 25.1 Å². The Morgan fingerprint density at radius 1 is 1.26 bits per heavy atom. The molecule has 0 aliphatic carbocycles. The number of amides is 2. The quantitative estimate of drug-likeness (QED) is 0.757. The lowest BCUT2D eigenvalue weighted by Crippen LogP contribution is -2.56. The molecule has 27 heavy (non-hydrogen) atoms. The Kier molecular flexibility index (Phi) is 4.14. The zero-order chi connectivity index (χ0) is 19.1. The molecule has 1 atom stereocenters. The molecule has 7 nitrogen and oxygen atoms in total. The Morgan fingerprint density at radius 2 is 2.07 bits per heavy atom. The number of carbonyl (C=O) groups excluding carboxylic acids is 2. The first-order valence-corrected chi connectivity index (χ1v) is 8.92. The fourth-order valence-corrected chi connectivity index (χ4v) is 3.50. The van der Waals surface area contributed by atoms with Gasteiger partial charge in [-0.15, -0.1) is 0 Å². The maximum absolute atomic E-state index is 13.4. The molecule has 1 aliphatic rings. The smallest absolute Gasteiger partial charge is 0.255 e. The number of aryl methyl sites for hydroxylation is 1. The second kappa shape index (κ2) is 6.50. The van der Waals surface area contributed by atoms with Crippen molar-refractivity contribution in [2.45, 2.75) is 19.9 Å². The molecule has 1 saturated heterocycles. The van der Waals surface area contributed by atoms with Crippen LogP contribution >= 0.6 is 0 Å². The van der Waals surface area contributed by atoms with Crippen LogP contribution in [0.5, 0.6) is 0 Å². The number of H-pyrrole nitrogens is 1. The zero-order valence-electron chi connectivity index (χ0n) is 15.6. The van der Waals surface area contributed by atoms with Crippen molar-refractivity contribution in [1.82, 2.24) is 25.0 Å². The molecule has 1 fully saturated rings. The molecular weight excluding hydrogens is 342 g/mol. The van der Waals surface area contributed by atoms with Gasteiger partial charge in [0, 0.05) is 37.3 Å². The molecule has 0 bridgehead atoms. The summed E-state index contributed by atoms with van der Waals surface area (Å²) in [4.78, 5) is 33.8. The van der Waals surface area contributed by atoms with Crippen LogP contribution in [-0.4, -0.2) is 63.0 Å². The van der Waals surface area contributed by atoms with Gasteiger partial charge in [0.05, 0.1) is 23.0 Å². The maximum atomic E-state index is 13.4. The molecule has 1 N–H and O–H groups in total. The lowest BCUT2D eigenvalue weighted by atomic mass is 10.0. The minimum atomic E-state index is -0.485. The average molecular weight is 363 g/mol. The van der Waals surface area contributed by atoms with Gasteiger partial charge in [-0.1, -0.05) is 11.6 Å². The summed E-state index contributed by atoms with van der Waals surface area (Å²) in [5.41, 5.74) is 3.85. The summed E-state index contributed by atoms with van der Waals surface area (Å²) in [6, 6.07) is 7.18. The largest absolute Gasteiger partial charge is 0.342 e. The Hall–Kier alpha value is -3.22. The van der Waals surface area contributed by atoms with Gasteiger partial charge in [-0.3, -0.25) is 14.7 Å². The van der Waals surface area contributed by atoms with Crippen LogP contribution in [0.25, 0.3) is 22.2 Å². The highest BCUT2D eigenvalue weighted by Gasteiger charge is 2.33. The van der Waals surface area contributed by atoms with E-state index in [0.717, 1.165) is 22.0 Å². The number of fused-ring (bicyclic) bond motifs is 1. The van der Waals surface area contributed by atoms with Crippen molar-refractivity contribution in [2.24, 2.45) is 0 Å². The number of hydrogen-bond donors (Lipinski definition) is 1. The predicted molar refractivity (Wildman–Crippen MR) is 102 cm³/mol. The van der Waals surface area contributed by atoms with E-state index in [4.69, 9.17) is 0 Å². The van der Waals surface area contributed by atoms with Crippen molar-refractivity contribution in [1.29, 1.82) is 0 Å². The number of pyridine rings is 1. The number of nitrogens with zero attached hydrogens (tertiary/aromatic N) is 4. The predicted octanol–water partition coefficient (Wildman–Crippen LogP) is 2.24. The highest BCUT2D eigenvalue weighted by atomic mass is 16.2. The Labute approximate surface area is 157 Å². The van der Waals surface area contributed by atoms with Gasteiger partial charge in [-0.05, 0) is 32.0 Å². The highest BCUT2D eigenvalue weighted by molar-refractivity contribution is 6.08. The number of benzene rings is 1. The van der Waals surface area contributed by atoms with Gasteiger partial charge in [0.15, 0.2) is 0 Å². The molecule has 4 rings (SSSR count). The molecule has 2 amide bonds. The summed E-state index contributed by atoms with van der Waals surface area (Å²) in [6.45, 7) is 4.81. The normalized spacial score (nSPS) is 17.6. The summed E-state index contributed by atoms with van der Waals surface area (Å²) < 4.78 is 0. The van der Waals surface area contributed by atoms with Crippen LogP contribution in [0.15, 0.2) is 36.7 Å². The molecule has 0 radical (unpaired) electrons. The molecule has 7 heteroatoms. The minimum absolute atomic E-state index is 0.0424. The van der Waals surface area contributed by atoms with E-state index < -0.39 is 6.04 Å². The second-order valence-corrected chi connectivity index (χ2v) is 7.00. The van der Waals surface area contributed by atoms with Crippen LogP contribution in [0, 0.1) is 6.92 Å². The lowest BCUT2D eigenvalue weighted by molar-refractivity contribution is -0.137. The first-order valence-electron chi connectivity index (χ1n) is 8.92. The van der Waals surface area contributed by atoms with Crippen LogP contribution in [0.2, 0.25) is 0 Å². The number of carbonyl (C=O) groups is 2. The van der Waals surface area contributed by atoms with Gasteiger partial charge in [-0.2, -0.15) is 5.10 Å². The first-order chi connectivity index (χ1) is 13.0. The van der Waals surface area contributed by atoms with Crippen molar-refractivity contribution < 1.29 is 9.59 Å². The Balaban J connectivity index is 1.85. The maximum Gasteiger partial charge on any atom is 0.255 e. The molecule has 0 saturated carbocycles. The number of rotatable bonds is 2. The third kappa shape index (κ3) is 2.95. The summed E-state index contributed by atoms with van der Waals surface area (Å²) in [5, 5.41) is 7.55. The topological polar surface area (TPSA) is 82.2 Å². The van der Waals surface area contributed by atoms with Crippen molar-refractivity contribution in [3.63, 3.8) is 0 Å². The fraction of sp³-hybridized carbons (Fsp3) is 0.300. The van der Waals surface area contributed by atoms with E-state index in [1.54, 1.807) is 42.2 Å². The van der Waals surface area contributed by atoms with Crippen LogP contribution in [0.4, 0.5) is 0 Å². The number of nitrogens with one attached hydrogen (secondary N) is 1. The number of piperazine rings is 1. The SMILES string of the molecule is Cc1ccc2nc(-c3cn[nH]c3)cc(C(=O)N3CCN(C)C(=O)[C@@H]3C)c2c1. The lowest BCUT2D eigenvalue weighted by Gasteiger charge is -2.37. The van der Waals surface area contributed by atoms with E-state index in [1.165, 1.54) is 0 Å². The van der Waals surface area contributed by atoms with E-state index in [0.29, 0.717) is 24.3 Å². The van der Waals surface area contributed by atoms with Gasteiger partial charge >= 0.3 is 0 Å². The van der Waals surface area contributed by atoms with Crippen molar-refractivity contribution in [3.05, 3.63) is 47.8 Å². The third-order valence-electron chi connectivity index (χ3n) is 5.13. The molecule has 0 unspecified atom stereocenters. The number of likely N-dealkylation sites (N-methyl/N-ethyl adjacent to an activating group) is 1. The van der Waals surface area contributed by atoms with Crippen molar-refractivity contribution in [3.8, 4) is 11.3 Å². The molecule has 138 valence electrons. The van der Waals surface area contributed by atoms with Gasteiger partial charge < -0.3 is 9.80 Å². The van der Waals surface area contributed by atoms with Gasteiger partial charge in [0.25, 0.3) is 5.91 Å². The molecular formula is C20H21N5O2. The molecule has 2 aromatic heterocycles. The number of hydrogen-bond acceptors (Lipinski definition) is 4. The number of aromatic amines is 1. The molecule has 1 aromatic carbocycles. The first kappa shape index (κ1) is 17.2. The highest BCUT2D eigenvalue weighted by Crippen LogP contribution is 2.27. The van der Waals surface area contributed by atoms with Crippen molar-refractivity contribution >= 4 is 22.7 Å². The van der Waals surface area contributed by atoms with Gasteiger partial charge in [-0.25, -0.2) is 4.98 Å². The molecule has 3 heterocycles. The molecule has 0 spiro atoms. The average Bonchev–Trinajstić information content (AvgIpc) is 3.20. The van der Waals surface area contributed by atoms with Crippen LogP contribution in [-0.2, 0) is 4.79 Å². The van der Waals surface area contributed by atoms with E-state index in [9.17, 15) is 9.59 Å². The second-order valence-electron chi connectivity index (χ2n) is 7.00. The molecule has 3 aromatic rings. The number of aromatic nitrogens is 3. The summed E-state index contributed by atoms with van der Waals surface area (Å²) in [6.07, 6.45) is 3.43. The van der Waals surface area contributed by atoms with Crippen molar-refractivity contribution in [2.75, 3.05) is 20.1 Å². The van der Waals surface area contributed by atoms with Gasteiger partial charge in [0.2, 0.25) is 5.91 Å².